The van der Waals surface area contributed by atoms with Gasteiger partial charge in [-0.25, -0.2) is 4.39 Å². The number of nitrogens with zero attached hydrogens (tertiary/aromatic N) is 1. The minimum Gasteiger partial charge on any atom is -0.454 e. The maximum absolute atomic E-state index is 13.1. The maximum Gasteiger partial charge on any atom is 0.254 e. The van der Waals surface area contributed by atoms with Gasteiger partial charge in [-0.05, 0) is 60.0 Å². The Morgan fingerprint density at radius 3 is 2.41 bits per heavy atom. The lowest BCUT2D eigenvalue weighted by atomic mass is 9.98. The summed E-state index contributed by atoms with van der Waals surface area (Å²) in [5.41, 5.74) is 8.57. The van der Waals surface area contributed by atoms with E-state index in [9.17, 15) is 9.18 Å². The van der Waals surface area contributed by atoms with Crippen molar-refractivity contribution in [2.24, 2.45) is 0 Å². The summed E-state index contributed by atoms with van der Waals surface area (Å²) in [6.07, 6.45) is 0.683. The molecule has 4 nitrogen and oxygen atoms in total. The summed E-state index contributed by atoms with van der Waals surface area (Å²) in [5.74, 6) is 0.503. The number of fused-ring (bicyclic) bond motifs is 1. The van der Waals surface area contributed by atoms with E-state index >= 15 is 0 Å². The fourth-order valence-corrected chi connectivity index (χ4v) is 3.91. The number of anilines is 1. The van der Waals surface area contributed by atoms with E-state index in [-0.39, 0.29) is 11.7 Å². The number of nitrogens with two attached hydrogens (primary N) is 1. The number of carbonyl (C=O) groups is 1. The van der Waals surface area contributed by atoms with Gasteiger partial charge in [0.25, 0.3) is 5.91 Å². The number of rotatable bonds is 4. The van der Waals surface area contributed by atoms with Gasteiger partial charge in [-0.3, -0.25) is 4.79 Å². The number of halogens is 3. The molecule has 3 aromatic rings. The first-order chi connectivity index (χ1) is 13.9. The van der Waals surface area contributed by atoms with E-state index in [1.807, 2.05) is 6.07 Å². The van der Waals surface area contributed by atoms with Crippen molar-refractivity contribution in [3.05, 3.63) is 87.2 Å². The molecule has 0 radical (unpaired) electrons. The van der Waals surface area contributed by atoms with Gasteiger partial charge in [0.05, 0.1) is 10.0 Å². The van der Waals surface area contributed by atoms with Gasteiger partial charge in [-0.15, -0.1) is 0 Å². The first-order valence-corrected chi connectivity index (χ1v) is 9.75. The number of ether oxygens (including phenoxy) is 1. The van der Waals surface area contributed by atoms with E-state index in [2.05, 4.69) is 0 Å². The highest BCUT2D eigenvalue weighted by atomic mass is 35.5. The minimum atomic E-state index is -0.294. The lowest BCUT2D eigenvalue weighted by molar-refractivity contribution is 0.0727. The third kappa shape index (κ3) is 4.16. The molecule has 2 N–H and O–H groups in total. The molecule has 0 aliphatic carbocycles. The molecule has 1 heterocycles. The van der Waals surface area contributed by atoms with Crippen molar-refractivity contribution in [3.8, 4) is 11.5 Å². The molecule has 1 amide bonds. The molecule has 0 unspecified atom stereocenters. The van der Waals surface area contributed by atoms with E-state index in [1.165, 1.54) is 12.1 Å². The van der Waals surface area contributed by atoms with E-state index in [0.717, 1.165) is 11.1 Å². The van der Waals surface area contributed by atoms with Gasteiger partial charge in [0, 0.05) is 24.3 Å². The monoisotopic (exact) mass is 430 g/mol. The number of hydrogen-bond donors (Lipinski definition) is 1. The maximum atomic E-state index is 13.1. The summed E-state index contributed by atoms with van der Waals surface area (Å²) >= 11 is 12.4. The van der Waals surface area contributed by atoms with Crippen molar-refractivity contribution in [1.82, 2.24) is 4.90 Å². The van der Waals surface area contributed by atoms with Crippen LogP contribution in [-0.4, -0.2) is 17.4 Å². The second kappa shape index (κ2) is 7.93. The highest BCUT2D eigenvalue weighted by molar-refractivity contribution is 6.37. The minimum absolute atomic E-state index is 0.0642. The number of nitrogen functional groups attached to an aromatic ring is 1. The molecule has 3 aromatic carbocycles. The topological polar surface area (TPSA) is 55.6 Å². The Morgan fingerprint density at radius 1 is 1.03 bits per heavy atom. The average Bonchev–Trinajstić information content (AvgIpc) is 2.68. The first kappa shape index (κ1) is 19.6. The molecule has 148 valence electrons. The van der Waals surface area contributed by atoms with Crippen LogP contribution in [0.5, 0.6) is 11.5 Å². The lowest BCUT2D eigenvalue weighted by Gasteiger charge is -2.29. The third-order valence-corrected chi connectivity index (χ3v) is 5.33. The van der Waals surface area contributed by atoms with Crippen LogP contribution in [0.3, 0.4) is 0 Å². The standard InChI is InChI=1S/C22H17Cl2FN2O2/c23-19-10-16(26)11-20(24)21(19)29-17-5-6-18-14(9-17)7-8-27(22(18)28)12-13-1-3-15(25)4-2-13/h1-6,9-11H,7-8,12,26H2. The zero-order valence-corrected chi connectivity index (χ0v) is 16.8. The molecule has 0 bridgehead atoms. The Balaban J connectivity index is 1.53. The second-order valence-electron chi connectivity index (χ2n) is 6.84. The molecule has 0 aromatic heterocycles. The molecule has 1 aliphatic rings. The van der Waals surface area contributed by atoms with Crippen LogP contribution in [0.1, 0.15) is 21.5 Å². The van der Waals surface area contributed by atoms with Crippen molar-refractivity contribution in [2.45, 2.75) is 13.0 Å². The van der Waals surface area contributed by atoms with Crippen LogP contribution in [0.15, 0.2) is 54.6 Å². The van der Waals surface area contributed by atoms with Crippen LogP contribution in [0, 0.1) is 5.82 Å². The number of amides is 1. The van der Waals surface area contributed by atoms with Crippen molar-refractivity contribution in [2.75, 3.05) is 12.3 Å². The predicted octanol–water partition coefficient (Wildman–Crippen LogP) is 5.71. The Kier molecular flexibility index (Phi) is 5.35. The largest absolute Gasteiger partial charge is 0.454 e. The van der Waals surface area contributed by atoms with Crippen molar-refractivity contribution >= 4 is 34.8 Å². The van der Waals surface area contributed by atoms with Gasteiger partial charge in [0.1, 0.15) is 11.6 Å². The molecule has 7 heteroatoms. The van der Waals surface area contributed by atoms with Crippen molar-refractivity contribution in [1.29, 1.82) is 0 Å². The van der Waals surface area contributed by atoms with Gasteiger partial charge in [-0.1, -0.05) is 35.3 Å². The Hall–Kier alpha value is -2.76. The Morgan fingerprint density at radius 2 is 1.72 bits per heavy atom. The van der Waals surface area contributed by atoms with Gasteiger partial charge in [0.15, 0.2) is 5.75 Å². The molecular formula is C22H17Cl2FN2O2. The SMILES string of the molecule is Nc1cc(Cl)c(Oc2ccc3c(c2)CCN(Cc2ccc(F)cc2)C3=O)c(Cl)c1. The Bertz CT molecular complexity index is 1060. The average molecular weight is 431 g/mol. The molecule has 0 atom stereocenters. The zero-order chi connectivity index (χ0) is 20.5. The molecular weight excluding hydrogens is 414 g/mol. The normalized spacial score (nSPS) is 13.3. The van der Waals surface area contributed by atoms with Gasteiger partial charge in [-0.2, -0.15) is 0 Å². The second-order valence-corrected chi connectivity index (χ2v) is 7.65. The van der Waals surface area contributed by atoms with Crippen molar-refractivity contribution in [3.63, 3.8) is 0 Å². The number of hydrogen-bond acceptors (Lipinski definition) is 3. The Labute approximate surface area is 177 Å². The summed E-state index contributed by atoms with van der Waals surface area (Å²) in [6.45, 7) is 1.00. The summed E-state index contributed by atoms with van der Waals surface area (Å²) in [5, 5.41) is 0.628. The zero-order valence-electron chi connectivity index (χ0n) is 15.3. The van der Waals surface area contributed by atoms with Crippen LogP contribution in [0.25, 0.3) is 0 Å². The first-order valence-electron chi connectivity index (χ1n) is 9.00. The molecule has 0 saturated heterocycles. The molecule has 29 heavy (non-hydrogen) atoms. The van der Waals surface area contributed by atoms with Gasteiger partial charge < -0.3 is 15.4 Å². The van der Waals surface area contributed by atoms with Gasteiger partial charge >= 0.3 is 0 Å². The molecule has 1 aliphatic heterocycles. The molecule has 0 fully saturated rings. The van der Waals surface area contributed by atoms with Crippen LogP contribution >= 0.6 is 23.2 Å². The summed E-state index contributed by atoms with van der Waals surface area (Å²) in [7, 11) is 0. The summed E-state index contributed by atoms with van der Waals surface area (Å²) in [4.78, 5) is 14.6. The van der Waals surface area contributed by atoms with E-state index in [4.69, 9.17) is 33.7 Å². The van der Waals surface area contributed by atoms with Gasteiger partial charge in [0.2, 0.25) is 0 Å². The van der Waals surface area contributed by atoms with E-state index in [0.29, 0.717) is 52.3 Å². The lowest BCUT2D eigenvalue weighted by Crippen LogP contribution is -2.37. The number of benzene rings is 3. The molecule has 0 saturated carbocycles. The van der Waals surface area contributed by atoms with Crippen LogP contribution in [0.2, 0.25) is 10.0 Å². The van der Waals surface area contributed by atoms with Crippen LogP contribution in [0.4, 0.5) is 10.1 Å². The highest BCUT2D eigenvalue weighted by Crippen LogP contribution is 2.38. The van der Waals surface area contributed by atoms with Crippen molar-refractivity contribution < 1.29 is 13.9 Å². The van der Waals surface area contributed by atoms with E-state index in [1.54, 1.807) is 41.3 Å². The fourth-order valence-electron chi connectivity index (χ4n) is 3.33. The quantitative estimate of drug-likeness (QED) is 0.539. The van der Waals surface area contributed by atoms with Crippen LogP contribution < -0.4 is 10.5 Å². The summed E-state index contributed by atoms with van der Waals surface area (Å²) < 4.78 is 18.9. The molecule has 0 spiro atoms. The third-order valence-electron chi connectivity index (χ3n) is 4.77. The summed E-state index contributed by atoms with van der Waals surface area (Å²) in [6, 6.07) is 14.6. The molecule has 4 rings (SSSR count). The van der Waals surface area contributed by atoms with Crippen LogP contribution in [-0.2, 0) is 13.0 Å². The van der Waals surface area contributed by atoms with E-state index < -0.39 is 0 Å². The highest BCUT2D eigenvalue weighted by Gasteiger charge is 2.25. The predicted molar refractivity (Wildman–Crippen MR) is 112 cm³/mol. The fraction of sp³-hybridized carbons (Fsp3) is 0.136. The number of carbonyl (C=O) groups excluding carboxylic acids is 1. The smallest absolute Gasteiger partial charge is 0.254 e.